The third-order valence-corrected chi connectivity index (χ3v) is 3.72. The van der Waals surface area contributed by atoms with Gasteiger partial charge in [0.25, 0.3) is 5.91 Å². The first-order valence-electron chi connectivity index (χ1n) is 7.73. The lowest BCUT2D eigenvalue weighted by molar-refractivity contribution is -0.136. The van der Waals surface area contributed by atoms with E-state index < -0.39 is 5.97 Å². The summed E-state index contributed by atoms with van der Waals surface area (Å²) in [6, 6.07) is 0. The van der Waals surface area contributed by atoms with E-state index in [2.05, 4.69) is 5.16 Å². The molecule has 1 aliphatic heterocycles. The number of carbonyl (C=O) groups excluding carboxylic acids is 3. The summed E-state index contributed by atoms with van der Waals surface area (Å²) in [4.78, 5) is 38.8. The average molecular weight is 339 g/mol. The molecule has 1 aromatic rings. The molecule has 0 atom stereocenters. The summed E-state index contributed by atoms with van der Waals surface area (Å²) < 4.78 is 14.9. The zero-order chi connectivity index (χ0) is 17.7. The van der Waals surface area contributed by atoms with Gasteiger partial charge in [-0.2, -0.15) is 0 Å². The number of carbonyl (C=O) groups is 3. The number of hydrogen-bond donors (Lipinski definition) is 0. The molecule has 1 aromatic heterocycles. The molecule has 0 aliphatic carbocycles. The summed E-state index contributed by atoms with van der Waals surface area (Å²) in [6.07, 6.45) is -0.380. The lowest BCUT2D eigenvalue weighted by atomic mass is 10.2. The van der Waals surface area contributed by atoms with Crippen molar-refractivity contribution in [1.29, 1.82) is 0 Å². The lowest BCUT2D eigenvalue weighted by Crippen LogP contribution is -2.51. The van der Waals surface area contributed by atoms with Crippen molar-refractivity contribution in [2.45, 2.75) is 20.8 Å². The van der Waals surface area contributed by atoms with E-state index in [1.807, 2.05) is 0 Å². The van der Waals surface area contributed by atoms with Crippen LogP contribution < -0.4 is 0 Å². The Kier molecular flexibility index (Phi) is 5.78. The molecular formula is C15H21N3O6. The fourth-order valence-corrected chi connectivity index (χ4v) is 2.42. The van der Waals surface area contributed by atoms with Crippen molar-refractivity contribution in [1.82, 2.24) is 15.0 Å². The molecule has 0 unspecified atom stereocenters. The van der Waals surface area contributed by atoms with Gasteiger partial charge in [0.1, 0.15) is 11.3 Å². The maximum absolute atomic E-state index is 12.1. The van der Waals surface area contributed by atoms with Gasteiger partial charge in [-0.15, -0.1) is 0 Å². The Hall–Kier alpha value is -2.58. The van der Waals surface area contributed by atoms with Crippen molar-refractivity contribution in [2.75, 3.05) is 39.4 Å². The van der Waals surface area contributed by atoms with Crippen LogP contribution in [0.2, 0.25) is 0 Å². The zero-order valence-electron chi connectivity index (χ0n) is 14.0. The normalized spacial score (nSPS) is 14.5. The van der Waals surface area contributed by atoms with E-state index in [0.29, 0.717) is 44.2 Å². The van der Waals surface area contributed by atoms with Crippen LogP contribution in [0.25, 0.3) is 0 Å². The Morgan fingerprint density at radius 1 is 1.08 bits per heavy atom. The van der Waals surface area contributed by atoms with Crippen LogP contribution in [0.1, 0.15) is 28.7 Å². The highest BCUT2D eigenvalue weighted by Crippen LogP contribution is 2.13. The summed E-state index contributed by atoms with van der Waals surface area (Å²) in [7, 11) is 0. The molecule has 2 heterocycles. The Labute approximate surface area is 139 Å². The molecule has 0 N–H and O–H groups in total. The predicted octanol–water partition coefficient (Wildman–Crippen LogP) is 0.749. The van der Waals surface area contributed by atoms with Crippen LogP contribution in [0, 0.1) is 13.8 Å². The topological polar surface area (TPSA) is 102 Å². The molecule has 132 valence electrons. The van der Waals surface area contributed by atoms with Gasteiger partial charge in [0.05, 0.1) is 12.3 Å². The van der Waals surface area contributed by atoms with Gasteiger partial charge >= 0.3 is 12.1 Å². The lowest BCUT2D eigenvalue weighted by Gasteiger charge is -2.33. The van der Waals surface area contributed by atoms with E-state index in [0.717, 1.165) is 0 Å². The molecular weight excluding hydrogens is 318 g/mol. The summed E-state index contributed by atoms with van der Waals surface area (Å²) in [5.74, 6) is -0.587. The largest absolute Gasteiger partial charge is 0.452 e. The SMILES string of the molecule is CCOC(=O)N1CCN(C(=O)COC(=O)c2c(C)noc2C)CC1. The van der Waals surface area contributed by atoms with E-state index >= 15 is 0 Å². The highest BCUT2D eigenvalue weighted by Gasteiger charge is 2.26. The standard InChI is InChI=1S/C15H21N3O6/c1-4-22-15(21)18-7-5-17(6-8-18)12(19)9-23-14(20)13-10(2)16-24-11(13)3/h4-9H2,1-3H3. The van der Waals surface area contributed by atoms with Crippen molar-refractivity contribution < 1.29 is 28.4 Å². The molecule has 1 saturated heterocycles. The van der Waals surface area contributed by atoms with Crippen LogP contribution in [-0.2, 0) is 14.3 Å². The summed E-state index contributed by atoms with van der Waals surface area (Å²) >= 11 is 0. The monoisotopic (exact) mass is 339 g/mol. The first-order valence-corrected chi connectivity index (χ1v) is 7.73. The highest BCUT2D eigenvalue weighted by atomic mass is 16.6. The number of ether oxygens (including phenoxy) is 2. The number of esters is 1. The molecule has 0 bridgehead atoms. The summed E-state index contributed by atoms with van der Waals surface area (Å²) in [5.41, 5.74) is 0.669. The quantitative estimate of drug-likeness (QED) is 0.746. The van der Waals surface area contributed by atoms with Crippen molar-refractivity contribution in [2.24, 2.45) is 0 Å². The first-order chi connectivity index (χ1) is 11.4. The van der Waals surface area contributed by atoms with E-state index in [9.17, 15) is 14.4 Å². The molecule has 0 radical (unpaired) electrons. The molecule has 2 amide bonds. The number of nitrogens with zero attached hydrogens (tertiary/aromatic N) is 3. The van der Waals surface area contributed by atoms with Gasteiger partial charge in [-0.05, 0) is 20.8 Å². The third-order valence-electron chi connectivity index (χ3n) is 3.72. The number of amides is 2. The van der Waals surface area contributed by atoms with Crippen LogP contribution in [0.4, 0.5) is 4.79 Å². The fraction of sp³-hybridized carbons (Fsp3) is 0.600. The third kappa shape index (κ3) is 4.03. The molecule has 9 nitrogen and oxygen atoms in total. The van der Waals surface area contributed by atoms with Gasteiger partial charge < -0.3 is 23.8 Å². The number of aromatic nitrogens is 1. The summed E-state index contributed by atoms with van der Waals surface area (Å²) in [6.45, 7) is 6.46. The van der Waals surface area contributed by atoms with E-state index in [4.69, 9.17) is 14.0 Å². The smallest absolute Gasteiger partial charge is 0.409 e. The minimum atomic E-state index is -0.634. The van der Waals surface area contributed by atoms with Crippen molar-refractivity contribution in [3.8, 4) is 0 Å². The molecule has 0 spiro atoms. The van der Waals surface area contributed by atoms with Crippen molar-refractivity contribution >= 4 is 18.0 Å². The maximum Gasteiger partial charge on any atom is 0.409 e. The second kappa shape index (κ2) is 7.80. The second-order valence-electron chi connectivity index (χ2n) is 5.34. The Morgan fingerprint density at radius 2 is 1.71 bits per heavy atom. The minimum absolute atomic E-state index is 0.245. The second-order valence-corrected chi connectivity index (χ2v) is 5.34. The van der Waals surface area contributed by atoms with Crippen LogP contribution in [0.5, 0.6) is 0 Å². The number of hydrogen-bond acceptors (Lipinski definition) is 7. The van der Waals surface area contributed by atoms with Gasteiger partial charge in [0.2, 0.25) is 0 Å². The van der Waals surface area contributed by atoms with Gasteiger partial charge in [-0.25, -0.2) is 9.59 Å². The Bertz CT molecular complexity index is 599. The van der Waals surface area contributed by atoms with Gasteiger partial charge in [-0.3, -0.25) is 4.79 Å². The fourth-order valence-electron chi connectivity index (χ4n) is 2.42. The molecule has 0 saturated carbocycles. The Balaban J connectivity index is 1.80. The summed E-state index contributed by atoms with van der Waals surface area (Å²) in [5, 5.41) is 3.67. The molecule has 1 aliphatic rings. The van der Waals surface area contributed by atoms with Crippen LogP contribution >= 0.6 is 0 Å². The molecule has 0 aromatic carbocycles. The number of rotatable bonds is 4. The van der Waals surface area contributed by atoms with Crippen LogP contribution in [-0.4, -0.2) is 72.3 Å². The van der Waals surface area contributed by atoms with Crippen LogP contribution in [0.15, 0.2) is 4.52 Å². The van der Waals surface area contributed by atoms with Crippen molar-refractivity contribution in [3.63, 3.8) is 0 Å². The van der Waals surface area contributed by atoms with Crippen molar-refractivity contribution in [3.05, 3.63) is 17.0 Å². The molecule has 24 heavy (non-hydrogen) atoms. The number of piperazine rings is 1. The van der Waals surface area contributed by atoms with Gasteiger partial charge in [0.15, 0.2) is 6.61 Å². The predicted molar refractivity (Wildman–Crippen MR) is 81.4 cm³/mol. The molecule has 2 rings (SSSR count). The van der Waals surface area contributed by atoms with E-state index in [1.165, 1.54) is 0 Å². The van der Waals surface area contributed by atoms with Gasteiger partial charge in [0, 0.05) is 26.2 Å². The average Bonchev–Trinajstić information content (AvgIpc) is 2.91. The highest BCUT2D eigenvalue weighted by molar-refractivity contribution is 5.93. The number of aryl methyl sites for hydroxylation is 2. The van der Waals surface area contributed by atoms with Crippen LogP contribution in [0.3, 0.4) is 0 Å². The molecule has 1 fully saturated rings. The Morgan fingerprint density at radius 3 is 2.25 bits per heavy atom. The molecule has 9 heteroatoms. The zero-order valence-corrected chi connectivity index (χ0v) is 14.0. The van der Waals surface area contributed by atoms with E-state index in [1.54, 1.807) is 30.6 Å². The van der Waals surface area contributed by atoms with Gasteiger partial charge in [-0.1, -0.05) is 5.16 Å². The first kappa shape index (κ1) is 17.8. The van der Waals surface area contributed by atoms with E-state index in [-0.39, 0.29) is 24.2 Å². The minimum Gasteiger partial charge on any atom is -0.452 e. The maximum atomic E-state index is 12.1.